The second-order valence-electron chi connectivity index (χ2n) is 4.21. The second kappa shape index (κ2) is 6.38. The molecule has 1 amide bonds. The summed E-state index contributed by atoms with van der Waals surface area (Å²) < 4.78 is 27.9. The fourth-order valence-corrected chi connectivity index (χ4v) is 2.50. The van der Waals surface area contributed by atoms with Gasteiger partial charge in [-0.1, -0.05) is 36.4 Å². The van der Waals surface area contributed by atoms with Crippen LogP contribution in [0.3, 0.4) is 0 Å². The van der Waals surface area contributed by atoms with Gasteiger partial charge in [0, 0.05) is 6.54 Å². The molecule has 6 nitrogen and oxygen atoms in total. The molecule has 2 aromatic carbocycles. The molecular formula is C14H14N2O4S. The highest BCUT2D eigenvalue weighted by molar-refractivity contribution is 7.89. The van der Waals surface area contributed by atoms with Crippen molar-refractivity contribution in [1.82, 2.24) is 5.32 Å². The lowest BCUT2D eigenvalue weighted by molar-refractivity contribution is 0.200. The van der Waals surface area contributed by atoms with Crippen LogP contribution in [-0.2, 0) is 16.6 Å². The average Bonchev–Trinajstić information content (AvgIpc) is 2.45. The van der Waals surface area contributed by atoms with E-state index < -0.39 is 16.1 Å². The number of primary sulfonamides is 1. The SMILES string of the molecule is NS(=O)(=O)c1ccccc1CNC(=O)Oc1ccccc1. The van der Waals surface area contributed by atoms with Crippen molar-refractivity contribution in [3.63, 3.8) is 0 Å². The van der Waals surface area contributed by atoms with E-state index in [0.717, 1.165) is 0 Å². The summed E-state index contributed by atoms with van der Waals surface area (Å²) in [5, 5.41) is 7.59. The molecule has 3 N–H and O–H groups in total. The Labute approximate surface area is 122 Å². The van der Waals surface area contributed by atoms with Gasteiger partial charge in [0.2, 0.25) is 10.0 Å². The van der Waals surface area contributed by atoms with Crippen LogP contribution in [-0.4, -0.2) is 14.5 Å². The molecule has 0 aliphatic heterocycles. The summed E-state index contributed by atoms with van der Waals surface area (Å²) in [5.41, 5.74) is 0.394. The Kier molecular flexibility index (Phi) is 4.56. The molecule has 0 aliphatic rings. The number of sulfonamides is 1. The van der Waals surface area contributed by atoms with Gasteiger partial charge in [-0.2, -0.15) is 0 Å². The highest BCUT2D eigenvalue weighted by Crippen LogP contribution is 2.13. The number of para-hydroxylation sites is 1. The first-order valence-electron chi connectivity index (χ1n) is 6.08. The topological polar surface area (TPSA) is 98.5 Å². The molecule has 2 aromatic rings. The van der Waals surface area contributed by atoms with Crippen LogP contribution in [0, 0.1) is 0 Å². The van der Waals surface area contributed by atoms with Gasteiger partial charge in [0.1, 0.15) is 5.75 Å². The minimum atomic E-state index is -3.83. The number of benzene rings is 2. The Morgan fingerprint density at radius 3 is 2.33 bits per heavy atom. The van der Waals surface area contributed by atoms with E-state index in [1.54, 1.807) is 48.5 Å². The minimum absolute atomic E-state index is 0.00172. The van der Waals surface area contributed by atoms with E-state index in [1.165, 1.54) is 6.07 Å². The Hall–Kier alpha value is -2.38. The molecular weight excluding hydrogens is 292 g/mol. The molecule has 2 rings (SSSR count). The molecule has 0 radical (unpaired) electrons. The third kappa shape index (κ3) is 4.30. The van der Waals surface area contributed by atoms with E-state index >= 15 is 0 Å². The van der Waals surface area contributed by atoms with Gasteiger partial charge >= 0.3 is 6.09 Å². The maximum absolute atomic E-state index is 11.6. The standard InChI is InChI=1S/C14H14N2O4S/c15-21(18,19)13-9-5-4-6-11(13)10-16-14(17)20-12-7-2-1-3-8-12/h1-9H,10H2,(H,16,17)(H2,15,18,19). The van der Waals surface area contributed by atoms with Crippen molar-refractivity contribution in [2.75, 3.05) is 0 Å². The molecule has 110 valence electrons. The van der Waals surface area contributed by atoms with E-state index in [0.29, 0.717) is 11.3 Å². The highest BCUT2D eigenvalue weighted by Gasteiger charge is 2.14. The van der Waals surface area contributed by atoms with Gasteiger partial charge in [0.15, 0.2) is 0 Å². The number of nitrogens with two attached hydrogens (primary N) is 1. The molecule has 21 heavy (non-hydrogen) atoms. The maximum Gasteiger partial charge on any atom is 0.412 e. The quantitative estimate of drug-likeness (QED) is 0.896. The zero-order valence-corrected chi connectivity index (χ0v) is 11.8. The van der Waals surface area contributed by atoms with Gasteiger partial charge in [-0.05, 0) is 23.8 Å². The smallest absolute Gasteiger partial charge is 0.410 e. The summed E-state index contributed by atoms with van der Waals surface area (Å²) in [5.74, 6) is 0.398. The number of carbonyl (C=O) groups excluding carboxylic acids is 1. The Balaban J connectivity index is 2.02. The van der Waals surface area contributed by atoms with Crippen LogP contribution < -0.4 is 15.2 Å². The van der Waals surface area contributed by atoms with Gasteiger partial charge in [0.25, 0.3) is 0 Å². The molecule has 0 unspecified atom stereocenters. The van der Waals surface area contributed by atoms with E-state index in [-0.39, 0.29) is 11.4 Å². The van der Waals surface area contributed by atoms with Gasteiger partial charge in [0.05, 0.1) is 4.90 Å². The molecule has 0 spiro atoms. The third-order valence-corrected chi connectivity index (χ3v) is 3.67. The first-order chi connectivity index (χ1) is 9.97. The minimum Gasteiger partial charge on any atom is -0.410 e. The van der Waals surface area contributed by atoms with Crippen LogP contribution in [0.15, 0.2) is 59.5 Å². The summed E-state index contributed by atoms with van der Waals surface area (Å²) in [6.45, 7) is -0.00172. The van der Waals surface area contributed by atoms with Crippen LogP contribution >= 0.6 is 0 Å². The van der Waals surface area contributed by atoms with E-state index in [4.69, 9.17) is 9.88 Å². The van der Waals surface area contributed by atoms with Crippen LogP contribution in [0.4, 0.5) is 4.79 Å². The molecule has 0 atom stereocenters. The number of carbonyl (C=O) groups is 1. The molecule has 0 heterocycles. The lowest BCUT2D eigenvalue weighted by Gasteiger charge is -2.09. The lowest BCUT2D eigenvalue weighted by atomic mass is 10.2. The number of nitrogens with one attached hydrogen (secondary N) is 1. The van der Waals surface area contributed by atoms with E-state index in [1.807, 2.05) is 0 Å². The number of amides is 1. The summed E-state index contributed by atoms with van der Waals surface area (Å²) in [4.78, 5) is 11.6. The van der Waals surface area contributed by atoms with Gasteiger partial charge in [-0.3, -0.25) is 0 Å². The molecule has 0 saturated carbocycles. The average molecular weight is 306 g/mol. The summed E-state index contributed by atoms with van der Waals surface area (Å²) >= 11 is 0. The molecule has 0 aliphatic carbocycles. The van der Waals surface area contributed by atoms with Crippen molar-refractivity contribution in [3.05, 3.63) is 60.2 Å². The molecule has 0 aromatic heterocycles. The summed E-state index contributed by atoms with van der Waals surface area (Å²) in [6.07, 6.45) is -0.676. The van der Waals surface area contributed by atoms with Crippen LogP contribution in [0.1, 0.15) is 5.56 Å². The molecule has 7 heteroatoms. The first kappa shape index (κ1) is 15.0. The van der Waals surface area contributed by atoms with Crippen molar-refractivity contribution in [3.8, 4) is 5.75 Å². The zero-order valence-electron chi connectivity index (χ0n) is 11.0. The van der Waals surface area contributed by atoms with Crippen molar-refractivity contribution < 1.29 is 17.9 Å². The van der Waals surface area contributed by atoms with Crippen molar-refractivity contribution in [2.24, 2.45) is 5.14 Å². The van der Waals surface area contributed by atoms with Crippen LogP contribution in [0.25, 0.3) is 0 Å². The first-order valence-corrected chi connectivity index (χ1v) is 7.63. The summed E-state index contributed by atoms with van der Waals surface area (Å²) in [6, 6.07) is 14.7. The highest BCUT2D eigenvalue weighted by atomic mass is 32.2. The maximum atomic E-state index is 11.6. The number of hydrogen-bond donors (Lipinski definition) is 2. The molecule has 0 saturated heterocycles. The van der Waals surface area contributed by atoms with Gasteiger partial charge < -0.3 is 10.1 Å². The predicted molar refractivity (Wildman–Crippen MR) is 77.1 cm³/mol. The molecule has 0 bridgehead atoms. The van der Waals surface area contributed by atoms with Crippen LogP contribution in [0.2, 0.25) is 0 Å². The molecule has 0 fully saturated rings. The fraction of sp³-hybridized carbons (Fsp3) is 0.0714. The van der Waals surface area contributed by atoms with Gasteiger partial charge in [-0.15, -0.1) is 0 Å². The normalized spacial score (nSPS) is 10.9. The monoisotopic (exact) mass is 306 g/mol. The zero-order chi connectivity index (χ0) is 15.3. The predicted octanol–water partition coefficient (Wildman–Crippen LogP) is 1.62. The Morgan fingerprint density at radius 2 is 1.67 bits per heavy atom. The number of ether oxygens (including phenoxy) is 1. The van der Waals surface area contributed by atoms with Crippen molar-refractivity contribution in [1.29, 1.82) is 0 Å². The lowest BCUT2D eigenvalue weighted by Crippen LogP contribution is -2.27. The summed E-state index contributed by atoms with van der Waals surface area (Å²) in [7, 11) is -3.83. The third-order valence-electron chi connectivity index (χ3n) is 2.66. The van der Waals surface area contributed by atoms with E-state index in [2.05, 4.69) is 5.32 Å². The van der Waals surface area contributed by atoms with Crippen LogP contribution in [0.5, 0.6) is 5.75 Å². The van der Waals surface area contributed by atoms with Crippen molar-refractivity contribution in [2.45, 2.75) is 11.4 Å². The van der Waals surface area contributed by atoms with Gasteiger partial charge in [-0.25, -0.2) is 18.4 Å². The Bertz CT molecular complexity index is 730. The Morgan fingerprint density at radius 1 is 1.05 bits per heavy atom. The van der Waals surface area contributed by atoms with E-state index in [9.17, 15) is 13.2 Å². The van der Waals surface area contributed by atoms with Crippen molar-refractivity contribution >= 4 is 16.1 Å². The fourth-order valence-electron chi connectivity index (χ4n) is 1.73. The largest absolute Gasteiger partial charge is 0.412 e. The second-order valence-corrected chi connectivity index (χ2v) is 5.74. The number of rotatable bonds is 4. The number of hydrogen-bond acceptors (Lipinski definition) is 4.